The summed E-state index contributed by atoms with van der Waals surface area (Å²) >= 11 is 0. The van der Waals surface area contributed by atoms with E-state index < -0.39 is 101 Å². The lowest BCUT2D eigenvalue weighted by atomic mass is 9.97. The van der Waals surface area contributed by atoms with Crippen LogP contribution in [0.15, 0.2) is 73.3 Å². The van der Waals surface area contributed by atoms with E-state index in [4.69, 9.17) is 17.2 Å². The zero-order valence-electron chi connectivity index (χ0n) is 41.9. The second-order valence-corrected chi connectivity index (χ2v) is 19.2. The molecule has 0 bridgehead atoms. The minimum atomic E-state index is -1.21. The molecule has 22 heteroatoms. The molecule has 1 fully saturated rings. The van der Waals surface area contributed by atoms with Crippen LogP contribution in [0.25, 0.3) is 10.9 Å². The minimum absolute atomic E-state index is 0.0114. The lowest BCUT2D eigenvalue weighted by Gasteiger charge is -2.26. The molecule has 73 heavy (non-hydrogen) atoms. The lowest BCUT2D eigenvalue weighted by molar-refractivity contribution is -0.134. The Balaban J connectivity index is 1.20. The molecule has 1 aliphatic carbocycles. The van der Waals surface area contributed by atoms with Crippen LogP contribution in [0, 0.1) is 11.8 Å². The van der Waals surface area contributed by atoms with Crippen molar-refractivity contribution in [2.24, 2.45) is 36.1 Å². The summed E-state index contributed by atoms with van der Waals surface area (Å²) in [5.74, 6) is -6.17. The molecule has 7 atom stereocenters. The van der Waals surface area contributed by atoms with Gasteiger partial charge in [-0.15, -0.1) is 0 Å². The first kappa shape index (κ1) is 56.3. The molecule has 5 rings (SSSR count). The lowest BCUT2D eigenvalue weighted by Crippen LogP contribution is -2.58. The fraction of sp³-hybridized carbons (Fsp3) is 0.490. The number of aromatic amines is 1. The maximum atomic E-state index is 14.2. The third-order valence-corrected chi connectivity index (χ3v) is 13.0. The number of rotatable bonds is 28. The van der Waals surface area contributed by atoms with Crippen molar-refractivity contribution in [3.8, 4) is 0 Å². The van der Waals surface area contributed by atoms with Crippen molar-refractivity contribution in [3.63, 3.8) is 0 Å². The van der Waals surface area contributed by atoms with Gasteiger partial charge in [-0.1, -0.05) is 88.1 Å². The molecule has 0 spiro atoms. The van der Waals surface area contributed by atoms with Crippen LogP contribution >= 0.6 is 0 Å². The molecule has 2 heterocycles. The van der Waals surface area contributed by atoms with E-state index in [1.165, 1.54) is 13.3 Å². The molecule has 2 aromatic heterocycles. The van der Waals surface area contributed by atoms with Crippen LogP contribution in [-0.4, -0.2) is 117 Å². The van der Waals surface area contributed by atoms with Gasteiger partial charge in [0.25, 0.3) is 0 Å². The fourth-order valence-electron chi connectivity index (χ4n) is 8.73. The molecule has 2 aromatic carbocycles. The summed E-state index contributed by atoms with van der Waals surface area (Å²) in [4.78, 5) is 127. The largest absolute Gasteiger partial charge is 0.370 e. The average molecular weight is 1010 g/mol. The fourth-order valence-corrected chi connectivity index (χ4v) is 8.73. The van der Waals surface area contributed by atoms with Crippen LogP contribution in [0.1, 0.15) is 89.0 Å². The molecule has 1 aliphatic rings. The first-order valence-electron chi connectivity index (χ1n) is 24.8. The Morgan fingerprint density at radius 3 is 1.96 bits per heavy atom. The van der Waals surface area contributed by atoms with E-state index in [1.807, 2.05) is 30.3 Å². The van der Waals surface area contributed by atoms with Crippen molar-refractivity contribution in [2.45, 2.75) is 134 Å². The number of hydrogen-bond acceptors (Lipinski definition) is 11. The predicted octanol–water partition coefficient (Wildman–Crippen LogP) is -0.321. The number of carbonyl (C=O) groups excluding carboxylic acids is 9. The topological polar surface area (TPSA) is 350 Å². The number of primary amides is 2. The van der Waals surface area contributed by atoms with Gasteiger partial charge in [0.2, 0.25) is 53.2 Å². The molecule has 0 aliphatic heterocycles. The summed E-state index contributed by atoms with van der Waals surface area (Å²) in [6.45, 7) is 4.62. The molecule has 1 saturated carbocycles. The van der Waals surface area contributed by atoms with Gasteiger partial charge in [-0.3, -0.25) is 43.2 Å². The average Bonchev–Trinajstić information content (AvgIpc) is 4.13. The summed E-state index contributed by atoms with van der Waals surface area (Å²) in [6.07, 6.45) is 8.72. The number of H-pyrrole nitrogens is 1. The third kappa shape index (κ3) is 17.3. The van der Waals surface area contributed by atoms with Crippen LogP contribution in [-0.2, 0) is 69.5 Å². The van der Waals surface area contributed by atoms with E-state index in [9.17, 15) is 43.2 Å². The van der Waals surface area contributed by atoms with Crippen LogP contribution in [0.2, 0.25) is 0 Å². The number of para-hydroxylation sites is 1. The van der Waals surface area contributed by atoms with Gasteiger partial charge in [0.1, 0.15) is 36.3 Å². The number of nitrogens with two attached hydrogens (primary N) is 3. The summed E-state index contributed by atoms with van der Waals surface area (Å²) in [5, 5.41) is 19.7. The number of carbonyl (C=O) groups is 9. The quantitative estimate of drug-likeness (QED) is 0.0350. The monoisotopic (exact) mass is 1010 g/mol. The van der Waals surface area contributed by atoms with Crippen molar-refractivity contribution >= 4 is 64.1 Å². The Bertz CT molecular complexity index is 2560. The molecule has 4 aromatic rings. The number of benzene rings is 2. The molecule has 0 radical (unpaired) electrons. The highest BCUT2D eigenvalue weighted by Gasteiger charge is 2.33. The smallest absolute Gasteiger partial charge is 0.243 e. The first-order chi connectivity index (χ1) is 34.8. The van der Waals surface area contributed by atoms with Crippen molar-refractivity contribution in [1.29, 1.82) is 0 Å². The van der Waals surface area contributed by atoms with Crippen LogP contribution < -0.4 is 54.4 Å². The zero-order valence-corrected chi connectivity index (χ0v) is 41.9. The van der Waals surface area contributed by atoms with Gasteiger partial charge in [0, 0.05) is 74.7 Å². The van der Waals surface area contributed by atoms with E-state index in [0.717, 1.165) is 42.1 Å². The molecule has 9 amide bonds. The molecule has 394 valence electrons. The number of nitrogens with one attached hydrogen (secondary N) is 8. The zero-order chi connectivity index (χ0) is 53.2. The second-order valence-electron chi connectivity index (χ2n) is 19.2. The summed E-state index contributed by atoms with van der Waals surface area (Å²) in [7, 11) is 1.73. The van der Waals surface area contributed by atoms with Crippen LogP contribution in [0.3, 0.4) is 0 Å². The molecule has 22 nitrogen and oxygen atoms in total. The summed E-state index contributed by atoms with van der Waals surface area (Å²) in [5.41, 5.74) is 19.8. The van der Waals surface area contributed by atoms with Gasteiger partial charge >= 0.3 is 0 Å². The van der Waals surface area contributed by atoms with E-state index in [0.29, 0.717) is 17.7 Å². The van der Waals surface area contributed by atoms with Crippen LogP contribution in [0.4, 0.5) is 0 Å². The Hall–Kier alpha value is -7.62. The van der Waals surface area contributed by atoms with Crippen LogP contribution in [0.5, 0.6) is 0 Å². The van der Waals surface area contributed by atoms with E-state index in [1.54, 1.807) is 62.1 Å². The highest BCUT2D eigenvalue weighted by Crippen LogP contribution is 2.28. The second kappa shape index (κ2) is 27.3. The van der Waals surface area contributed by atoms with Gasteiger partial charge in [0.05, 0.1) is 12.4 Å². The highest BCUT2D eigenvalue weighted by molar-refractivity contribution is 5.96. The summed E-state index contributed by atoms with van der Waals surface area (Å²) in [6, 6.07) is 8.45. The van der Waals surface area contributed by atoms with E-state index >= 15 is 0 Å². The number of nitrogens with zero attached hydrogens (tertiary/aromatic N) is 2. The molecule has 14 N–H and O–H groups in total. The highest BCUT2D eigenvalue weighted by atomic mass is 16.2. The maximum Gasteiger partial charge on any atom is 0.243 e. The van der Waals surface area contributed by atoms with Gasteiger partial charge in [-0.25, -0.2) is 4.98 Å². The standard InChI is InChI=1S/C51H71N13O9/c1-29(2)44(63-46(68)30(3)58-48(70)40(61-47(69)36(52)18-19-42(53)65)24-33-26-57-37-17-11-10-16-35(33)37)51(73)56-21-20-43(66)59-41(25-34-27-55-28-64(34)4)50(72)62-39(23-32-12-6-5-7-13-32)49(71)60-38(45(54)67)22-31-14-8-9-15-31/h5-7,10-13,16-17,26-31,36,38-41,44,57H,8-9,14-15,18-25,52H2,1-4H3,(H2,53,65)(H2,54,67)(H,56,73)(H,58,70)(H,59,66)(H,60,71)(H,61,69)(H,62,72)(H,63,68)/t30-,36-,38-,39-,40-,41-,44-/m0/s1. The molecular formula is C51H71N13O9. The Kier molecular flexibility index (Phi) is 21.0. The number of aromatic nitrogens is 3. The van der Waals surface area contributed by atoms with Gasteiger partial charge in [0.15, 0.2) is 0 Å². The number of hydrogen-bond donors (Lipinski definition) is 11. The summed E-state index contributed by atoms with van der Waals surface area (Å²) < 4.78 is 1.68. The van der Waals surface area contributed by atoms with E-state index in [-0.39, 0.29) is 51.0 Å². The Labute approximate surface area is 424 Å². The van der Waals surface area contributed by atoms with Crippen molar-refractivity contribution in [3.05, 3.63) is 90.1 Å². The van der Waals surface area contributed by atoms with Gasteiger partial charge in [-0.05, 0) is 48.8 Å². The number of imidazole rings is 1. The minimum Gasteiger partial charge on any atom is -0.370 e. The van der Waals surface area contributed by atoms with Crippen molar-refractivity contribution in [1.82, 2.24) is 51.8 Å². The predicted molar refractivity (Wildman–Crippen MR) is 271 cm³/mol. The molecule has 0 saturated heterocycles. The third-order valence-electron chi connectivity index (χ3n) is 13.0. The number of aryl methyl sites for hydroxylation is 1. The van der Waals surface area contributed by atoms with E-state index in [2.05, 4.69) is 47.2 Å². The first-order valence-corrected chi connectivity index (χ1v) is 24.8. The SMILES string of the molecule is CC(C)[C@H](NC(=O)[C@H](C)NC(=O)[C@H](Cc1c[nH]c2ccccc12)NC(=O)[C@@H](N)CCC(N)=O)C(=O)NCCC(=O)N[C@@H](Cc1cncn1C)C(=O)N[C@@H](Cc1ccccc1)C(=O)N[C@@H](CC1CCCC1)C(N)=O. The molecular weight excluding hydrogens is 939 g/mol. The Morgan fingerprint density at radius 2 is 1.32 bits per heavy atom. The van der Waals surface area contributed by atoms with Gasteiger partial charge in [-0.2, -0.15) is 0 Å². The Morgan fingerprint density at radius 1 is 0.699 bits per heavy atom. The molecule has 0 unspecified atom stereocenters. The number of amides is 9. The van der Waals surface area contributed by atoms with Crippen molar-refractivity contribution in [2.75, 3.05) is 6.54 Å². The maximum absolute atomic E-state index is 14.2. The van der Waals surface area contributed by atoms with Gasteiger partial charge < -0.3 is 64.0 Å². The van der Waals surface area contributed by atoms with Crippen molar-refractivity contribution < 1.29 is 43.2 Å². The number of fused-ring (bicyclic) bond motifs is 1. The normalized spacial score (nSPS) is 15.4.